The summed E-state index contributed by atoms with van der Waals surface area (Å²) in [5, 5.41) is 2.77. The summed E-state index contributed by atoms with van der Waals surface area (Å²) in [6.45, 7) is 3.16. The molecule has 1 N–H and O–H groups in total. The smallest absolute Gasteiger partial charge is 0.251 e. The second kappa shape index (κ2) is 7.34. The number of amides is 1. The summed E-state index contributed by atoms with van der Waals surface area (Å²) in [6, 6.07) is 17.4. The Morgan fingerprint density at radius 3 is 2.40 bits per heavy atom. The number of benzene rings is 2. The Morgan fingerprint density at radius 1 is 1.05 bits per heavy atom. The van der Waals surface area contributed by atoms with Crippen molar-refractivity contribution < 1.29 is 9.53 Å². The van der Waals surface area contributed by atoms with Gasteiger partial charge in [0.25, 0.3) is 5.91 Å². The van der Waals surface area contributed by atoms with E-state index in [4.69, 9.17) is 4.74 Å². The normalized spacial score (nSPS) is 10.1. The molecule has 1 amide bonds. The summed E-state index contributed by atoms with van der Waals surface area (Å²) < 4.78 is 5.67. The minimum Gasteiger partial charge on any atom is -0.493 e. The first-order valence-corrected chi connectivity index (χ1v) is 6.84. The molecule has 0 aromatic heterocycles. The number of hydrogen-bond acceptors (Lipinski definition) is 2. The highest BCUT2D eigenvalue weighted by molar-refractivity contribution is 5.94. The van der Waals surface area contributed by atoms with Gasteiger partial charge in [-0.3, -0.25) is 4.79 Å². The first-order valence-electron chi connectivity index (χ1n) is 6.84. The largest absolute Gasteiger partial charge is 0.493 e. The molecule has 0 fully saturated rings. The van der Waals surface area contributed by atoms with Crippen LogP contribution in [0.1, 0.15) is 22.8 Å². The van der Waals surface area contributed by atoms with Crippen LogP contribution in [0, 0.1) is 0 Å². The minimum atomic E-state index is -0.0525. The Labute approximate surface area is 119 Å². The predicted octanol–water partition coefficient (Wildman–Crippen LogP) is 3.06. The van der Waals surface area contributed by atoms with E-state index in [2.05, 4.69) is 17.4 Å². The van der Waals surface area contributed by atoms with Crippen molar-refractivity contribution in [2.45, 2.75) is 13.3 Å². The standard InChI is InChI=1S/C17H19NO2/c1-2-18-17(19)15-8-10-16(11-9-15)20-13-12-14-6-4-3-5-7-14/h3-11H,2,12-13H2,1H3,(H,18,19). The molecule has 0 saturated heterocycles. The molecule has 3 nitrogen and oxygen atoms in total. The van der Waals surface area contributed by atoms with Crippen molar-refractivity contribution in [3.05, 3.63) is 65.7 Å². The third-order valence-corrected chi connectivity index (χ3v) is 2.96. The maximum Gasteiger partial charge on any atom is 0.251 e. The molecule has 20 heavy (non-hydrogen) atoms. The van der Waals surface area contributed by atoms with Crippen LogP contribution in [-0.4, -0.2) is 19.1 Å². The maximum atomic E-state index is 11.6. The lowest BCUT2D eigenvalue weighted by molar-refractivity contribution is 0.0956. The van der Waals surface area contributed by atoms with Gasteiger partial charge in [0.1, 0.15) is 5.75 Å². The molecule has 0 saturated carbocycles. The Balaban J connectivity index is 1.83. The molecule has 2 rings (SSSR count). The fourth-order valence-corrected chi connectivity index (χ4v) is 1.90. The average Bonchev–Trinajstić information content (AvgIpc) is 2.49. The Hall–Kier alpha value is -2.29. The number of ether oxygens (including phenoxy) is 1. The Kier molecular flexibility index (Phi) is 5.18. The molecule has 0 spiro atoms. The van der Waals surface area contributed by atoms with Gasteiger partial charge < -0.3 is 10.1 Å². The summed E-state index contributed by atoms with van der Waals surface area (Å²) in [4.78, 5) is 11.6. The van der Waals surface area contributed by atoms with Crippen LogP contribution in [0.3, 0.4) is 0 Å². The summed E-state index contributed by atoms with van der Waals surface area (Å²) in [6.07, 6.45) is 0.874. The van der Waals surface area contributed by atoms with E-state index in [1.54, 1.807) is 12.1 Å². The summed E-state index contributed by atoms with van der Waals surface area (Å²) >= 11 is 0. The van der Waals surface area contributed by atoms with E-state index in [1.807, 2.05) is 37.3 Å². The van der Waals surface area contributed by atoms with Crippen LogP contribution in [0.5, 0.6) is 5.75 Å². The van der Waals surface area contributed by atoms with Crippen molar-refractivity contribution >= 4 is 5.91 Å². The van der Waals surface area contributed by atoms with Gasteiger partial charge in [-0.1, -0.05) is 30.3 Å². The highest BCUT2D eigenvalue weighted by atomic mass is 16.5. The monoisotopic (exact) mass is 269 g/mol. The van der Waals surface area contributed by atoms with Gasteiger partial charge in [0.2, 0.25) is 0 Å². The molecule has 0 unspecified atom stereocenters. The number of hydrogen-bond donors (Lipinski definition) is 1. The fraction of sp³-hybridized carbons (Fsp3) is 0.235. The van der Waals surface area contributed by atoms with E-state index in [1.165, 1.54) is 5.56 Å². The predicted molar refractivity (Wildman–Crippen MR) is 80.1 cm³/mol. The first kappa shape index (κ1) is 14.1. The maximum absolute atomic E-state index is 11.6. The van der Waals surface area contributed by atoms with Crippen molar-refractivity contribution in [1.82, 2.24) is 5.32 Å². The quantitative estimate of drug-likeness (QED) is 0.875. The van der Waals surface area contributed by atoms with Crippen molar-refractivity contribution in [3.8, 4) is 5.75 Å². The molecule has 104 valence electrons. The van der Waals surface area contributed by atoms with Gasteiger partial charge in [-0.05, 0) is 36.8 Å². The number of carbonyl (C=O) groups excluding carboxylic acids is 1. The Morgan fingerprint density at radius 2 is 1.75 bits per heavy atom. The zero-order valence-electron chi connectivity index (χ0n) is 11.6. The average molecular weight is 269 g/mol. The second-order valence-corrected chi connectivity index (χ2v) is 4.47. The van der Waals surface area contributed by atoms with Gasteiger partial charge in [-0.15, -0.1) is 0 Å². The highest BCUT2D eigenvalue weighted by Gasteiger charge is 2.03. The highest BCUT2D eigenvalue weighted by Crippen LogP contribution is 2.12. The molecule has 0 aliphatic carbocycles. The Bertz CT molecular complexity index is 535. The van der Waals surface area contributed by atoms with Crippen LogP contribution < -0.4 is 10.1 Å². The van der Waals surface area contributed by atoms with E-state index in [0.717, 1.165) is 12.2 Å². The second-order valence-electron chi connectivity index (χ2n) is 4.47. The van der Waals surface area contributed by atoms with E-state index in [9.17, 15) is 4.79 Å². The molecule has 0 radical (unpaired) electrons. The van der Waals surface area contributed by atoms with Gasteiger partial charge in [0.05, 0.1) is 6.61 Å². The lowest BCUT2D eigenvalue weighted by Crippen LogP contribution is -2.22. The van der Waals surface area contributed by atoms with Gasteiger partial charge in [0.15, 0.2) is 0 Å². The van der Waals surface area contributed by atoms with Gasteiger partial charge >= 0.3 is 0 Å². The lowest BCUT2D eigenvalue weighted by atomic mass is 10.2. The summed E-state index contributed by atoms with van der Waals surface area (Å²) in [5.74, 6) is 0.734. The minimum absolute atomic E-state index is 0.0525. The molecular formula is C17H19NO2. The van der Waals surface area contributed by atoms with Crippen molar-refractivity contribution in [2.24, 2.45) is 0 Å². The SMILES string of the molecule is CCNC(=O)c1ccc(OCCc2ccccc2)cc1. The topological polar surface area (TPSA) is 38.3 Å². The van der Waals surface area contributed by atoms with Crippen LogP contribution in [0.2, 0.25) is 0 Å². The van der Waals surface area contributed by atoms with Crippen LogP contribution in [0.15, 0.2) is 54.6 Å². The zero-order valence-corrected chi connectivity index (χ0v) is 11.6. The molecule has 0 heterocycles. The third kappa shape index (κ3) is 4.12. The zero-order chi connectivity index (χ0) is 14.2. The molecule has 0 aliphatic rings. The molecule has 3 heteroatoms. The van der Waals surface area contributed by atoms with Crippen molar-refractivity contribution in [2.75, 3.05) is 13.2 Å². The molecule has 0 atom stereocenters. The van der Waals surface area contributed by atoms with Gasteiger partial charge in [0, 0.05) is 18.5 Å². The summed E-state index contributed by atoms with van der Waals surface area (Å²) in [7, 11) is 0. The fourth-order valence-electron chi connectivity index (χ4n) is 1.90. The van der Waals surface area contributed by atoms with Crippen LogP contribution in [0.25, 0.3) is 0 Å². The van der Waals surface area contributed by atoms with Gasteiger partial charge in [-0.25, -0.2) is 0 Å². The third-order valence-electron chi connectivity index (χ3n) is 2.96. The van der Waals surface area contributed by atoms with Crippen LogP contribution in [-0.2, 0) is 6.42 Å². The lowest BCUT2D eigenvalue weighted by Gasteiger charge is -2.07. The number of rotatable bonds is 6. The molecular weight excluding hydrogens is 250 g/mol. The molecule has 2 aromatic rings. The van der Waals surface area contributed by atoms with E-state index < -0.39 is 0 Å². The van der Waals surface area contributed by atoms with Crippen LogP contribution in [0.4, 0.5) is 0 Å². The van der Waals surface area contributed by atoms with Crippen molar-refractivity contribution in [1.29, 1.82) is 0 Å². The van der Waals surface area contributed by atoms with E-state index in [0.29, 0.717) is 18.7 Å². The molecule has 0 aliphatic heterocycles. The summed E-state index contributed by atoms with van der Waals surface area (Å²) in [5.41, 5.74) is 1.91. The van der Waals surface area contributed by atoms with Crippen molar-refractivity contribution in [3.63, 3.8) is 0 Å². The first-order chi connectivity index (χ1) is 9.79. The number of nitrogens with one attached hydrogen (secondary N) is 1. The number of carbonyl (C=O) groups is 1. The van der Waals surface area contributed by atoms with Crippen LogP contribution >= 0.6 is 0 Å². The van der Waals surface area contributed by atoms with E-state index in [-0.39, 0.29) is 5.91 Å². The molecule has 2 aromatic carbocycles. The van der Waals surface area contributed by atoms with E-state index >= 15 is 0 Å². The van der Waals surface area contributed by atoms with Gasteiger partial charge in [-0.2, -0.15) is 0 Å². The molecule has 0 bridgehead atoms.